The first-order valence-electron chi connectivity index (χ1n) is 7.54. The fraction of sp³-hybridized carbons (Fsp3) is 0.111. The highest BCUT2D eigenvalue weighted by Crippen LogP contribution is 2.41. The molecule has 7 nitrogen and oxygen atoms in total. The molecule has 128 valence electrons. The number of nitrogens with one attached hydrogen (secondary N) is 1. The number of pyridine rings is 1. The minimum atomic E-state index is 0.103. The molecule has 0 amide bonds. The fourth-order valence-corrected chi connectivity index (χ4v) is 3.33. The standard InChI is InChI=1S/C18H14N6OS/c1-21-16-15(11-3-5-12(25-2)6-4-11)13(9-19)18(24-17(16)20)26-10-14-22-7-8-23-14/h3-8H,10H2,2H3,(H2,20,24)(H,22,23). The van der Waals surface area contributed by atoms with Crippen LogP contribution < -0.4 is 10.5 Å². The summed E-state index contributed by atoms with van der Waals surface area (Å²) in [4.78, 5) is 14.9. The number of rotatable bonds is 5. The van der Waals surface area contributed by atoms with E-state index in [0.29, 0.717) is 33.2 Å². The van der Waals surface area contributed by atoms with Gasteiger partial charge in [0.05, 0.1) is 25.0 Å². The van der Waals surface area contributed by atoms with Gasteiger partial charge in [-0.2, -0.15) is 5.26 Å². The largest absolute Gasteiger partial charge is 0.497 e. The molecule has 0 bridgehead atoms. The number of H-pyrrole nitrogens is 1. The number of hydrogen-bond acceptors (Lipinski definition) is 6. The lowest BCUT2D eigenvalue weighted by Gasteiger charge is -2.13. The maximum Gasteiger partial charge on any atom is 0.236 e. The predicted octanol–water partition coefficient (Wildman–Crippen LogP) is 3.78. The third kappa shape index (κ3) is 3.32. The fourth-order valence-electron chi connectivity index (χ4n) is 2.45. The second kappa shape index (κ2) is 7.60. The number of aromatic nitrogens is 3. The first-order valence-corrected chi connectivity index (χ1v) is 8.53. The van der Waals surface area contributed by atoms with Gasteiger partial charge in [-0.3, -0.25) is 0 Å². The summed E-state index contributed by atoms with van der Waals surface area (Å²) in [5.74, 6) is 2.06. The Kier molecular flexibility index (Phi) is 5.07. The molecule has 0 unspecified atom stereocenters. The van der Waals surface area contributed by atoms with Gasteiger partial charge in [-0.1, -0.05) is 23.9 Å². The van der Waals surface area contributed by atoms with E-state index in [1.165, 1.54) is 11.8 Å². The van der Waals surface area contributed by atoms with Crippen LogP contribution >= 0.6 is 11.8 Å². The second-order valence-electron chi connectivity index (χ2n) is 5.18. The van der Waals surface area contributed by atoms with Crippen LogP contribution in [0.4, 0.5) is 11.5 Å². The Labute approximate surface area is 154 Å². The highest BCUT2D eigenvalue weighted by Gasteiger charge is 2.20. The number of hydrogen-bond donors (Lipinski definition) is 2. The molecule has 3 rings (SSSR count). The van der Waals surface area contributed by atoms with E-state index >= 15 is 0 Å². The van der Waals surface area contributed by atoms with Gasteiger partial charge in [0.2, 0.25) is 5.69 Å². The molecule has 26 heavy (non-hydrogen) atoms. The van der Waals surface area contributed by atoms with Crippen LogP contribution in [0.3, 0.4) is 0 Å². The minimum Gasteiger partial charge on any atom is -0.497 e. The van der Waals surface area contributed by atoms with Gasteiger partial charge in [-0.15, -0.1) is 0 Å². The molecule has 0 radical (unpaired) electrons. The number of ether oxygens (including phenoxy) is 1. The number of nitrogen functional groups attached to an aromatic ring is 1. The van der Waals surface area contributed by atoms with E-state index in [1.807, 2.05) is 0 Å². The summed E-state index contributed by atoms with van der Waals surface area (Å²) in [5.41, 5.74) is 7.70. The Morgan fingerprint density at radius 2 is 2.15 bits per heavy atom. The molecule has 2 aromatic heterocycles. The van der Waals surface area contributed by atoms with Crippen molar-refractivity contribution in [3.63, 3.8) is 0 Å². The monoisotopic (exact) mass is 362 g/mol. The zero-order valence-corrected chi connectivity index (χ0v) is 14.7. The Hall–Kier alpha value is -3.49. The first kappa shape index (κ1) is 17.3. The zero-order valence-electron chi connectivity index (χ0n) is 13.9. The average Bonchev–Trinajstić information content (AvgIpc) is 3.19. The van der Waals surface area contributed by atoms with Gasteiger partial charge in [-0.25, -0.2) is 14.8 Å². The average molecular weight is 362 g/mol. The van der Waals surface area contributed by atoms with Gasteiger partial charge in [0.25, 0.3) is 0 Å². The highest BCUT2D eigenvalue weighted by molar-refractivity contribution is 7.98. The third-order valence-electron chi connectivity index (χ3n) is 3.67. The molecule has 0 spiro atoms. The Morgan fingerprint density at radius 3 is 2.73 bits per heavy atom. The topological polar surface area (TPSA) is 105 Å². The van der Waals surface area contributed by atoms with Crippen molar-refractivity contribution >= 4 is 23.3 Å². The number of benzene rings is 1. The molecular formula is C18H14N6OS. The van der Waals surface area contributed by atoms with E-state index in [2.05, 4.69) is 25.9 Å². The number of methoxy groups -OCH3 is 1. The molecule has 0 aliphatic rings. The number of aromatic amines is 1. The second-order valence-corrected chi connectivity index (χ2v) is 6.14. The van der Waals surface area contributed by atoms with Crippen LogP contribution in [0.2, 0.25) is 0 Å². The van der Waals surface area contributed by atoms with Crippen LogP contribution in [-0.4, -0.2) is 22.1 Å². The Balaban J connectivity index is 2.11. The number of nitriles is 1. The Morgan fingerprint density at radius 1 is 1.38 bits per heavy atom. The third-order valence-corrected chi connectivity index (χ3v) is 4.65. The van der Waals surface area contributed by atoms with Crippen molar-refractivity contribution in [1.82, 2.24) is 15.0 Å². The number of thioether (sulfide) groups is 1. The van der Waals surface area contributed by atoms with Crippen LogP contribution in [-0.2, 0) is 5.75 Å². The van der Waals surface area contributed by atoms with Gasteiger partial charge in [-0.05, 0) is 17.7 Å². The van der Waals surface area contributed by atoms with Crippen LogP contribution in [0.25, 0.3) is 16.0 Å². The van der Waals surface area contributed by atoms with Gasteiger partial charge >= 0.3 is 0 Å². The summed E-state index contributed by atoms with van der Waals surface area (Å²) < 4.78 is 5.17. The van der Waals surface area contributed by atoms with E-state index < -0.39 is 0 Å². The SMILES string of the molecule is [C-]#[N+]c1c(N)nc(SCc2ncc[nH]2)c(C#N)c1-c1ccc(OC)cc1. The van der Waals surface area contributed by atoms with Gasteiger partial charge in [0.15, 0.2) is 0 Å². The predicted molar refractivity (Wildman–Crippen MR) is 99.8 cm³/mol. The van der Waals surface area contributed by atoms with Gasteiger partial charge in [0, 0.05) is 18.0 Å². The zero-order chi connectivity index (χ0) is 18.5. The smallest absolute Gasteiger partial charge is 0.236 e. The molecule has 3 N–H and O–H groups in total. The van der Waals surface area contributed by atoms with Crippen molar-refractivity contribution in [2.45, 2.75) is 10.8 Å². The lowest BCUT2D eigenvalue weighted by atomic mass is 10.00. The molecule has 0 saturated heterocycles. The Bertz CT molecular complexity index is 1000. The van der Waals surface area contributed by atoms with Crippen molar-refractivity contribution in [3.05, 3.63) is 59.5 Å². The van der Waals surface area contributed by atoms with E-state index in [0.717, 1.165) is 5.82 Å². The molecule has 0 saturated carbocycles. The summed E-state index contributed by atoms with van der Waals surface area (Å²) in [6.07, 6.45) is 3.39. The van der Waals surface area contributed by atoms with E-state index in [1.54, 1.807) is 43.8 Å². The number of nitrogens with two attached hydrogens (primary N) is 1. The van der Waals surface area contributed by atoms with Crippen LogP contribution in [0, 0.1) is 17.9 Å². The van der Waals surface area contributed by atoms with Crippen molar-refractivity contribution in [1.29, 1.82) is 5.26 Å². The molecule has 0 fully saturated rings. The quantitative estimate of drug-likeness (QED) is 0.529. The molecule has 0 atom stereocenters. The van der Waals surface area contributed by atoms with Crippen molar-refractivity contribution in [3.8, 4) is 22.9 Å². The molecule has 2 heterocycles. The summed E-state index contributed by atoms with van der Waals surface area (Å²) in [6, 6.07) is 9.32. The van der Waals surface area contributed by atoms with Crippen LogP contribution in [0.1, 0.15) is 11.4 Å². The van der Waals surface area contributed by atoms with Crippen molar-refractivity contribution in [2.24, 2.45) is 0 Å². The number of nitrogens with zero attached hydrogens (tertiary/aromatic N) is 4. The molecule has 1 aromatic carbocycles. The molecule has 3 aromatic rings. The van der Waals surface area contributed by atoms with Gasteiger partial charge < -0.3 is 15.5 Å². The van der Waals surface area contributed by atoms with E-state index in [9.17, 15) is 5.26 Å². The number of imidazole rings is 1. The van der Waals surface area contributed by atoms with Crippen molar-refractivity contribution < 1.29 is 4.74 Å². The number of anilines is 1. The van der Waals surface area contributed by atoms with Crippen LogP contribution in [0.5, 0.6) is 5.75 Å². The maximum atomic E-state index is 9.73. The highest BCUT2D eigenvalue weighted by atomic mass is 32.2. The summed E-state index contributed by atoms with van der Waals surface area (Å²) in [5, 5.41) is 10.2. The lowest BCUT2D eigenvalue weighted by molar-refractivity contribution is 0.415. The summed E-state index contributed by atoms with van der Waals surface area (Å²) in [7, 11) is 1.58. The molecule has 0 aliphatic heterocycles. The van der Waals surface area contributed by atoms with E-state index in [4.69, 9.17) is 17.0 Å². The summed E-state index contributed by atoms with van der Waals surface area (Å²) in [6.45, 7) is 7.46. The molecule has 0 aliphatic carbocycles. The molecule has 8 heteroatoms. The van der Waals surface area contributed by atoms with Gasteiger partial charge in [0.1, 0.15) is 28.5 Å². The van der Waals surface area contributed by atoms with E-state index in [-0.39, 0.29) is 11.5 Å². The first-order chi connectivity index (χ1) is 12.7. The van der Waals surface area contributed by atoms with Crippen molar-refractivity contribution in [2.75, 3.05) is 12.8 Å². The normalized spacial score (nSPS) is 10.1. The summed E-state index contributed by atoms with van der Waals surface area (Å²) >= 11 is 1.34. The molecular weight excluding hydrogens is 348 g/mol. The lowest BCUT2D eigenvalue weighted by Crippen LogP contribution is -2.00. The maximum absolute atomic E-state index is 9.73. The van der Waals surface area contributed by atoms with Crippen LogP contribution in [0.15, 0.2) is 41.7 Å². The minimum absolute atomic E-state index is 0.103.